The van der Waals surface area contributed by atoms with Crippen molar-refractivity contribution in [2.24, 2.45) is 0 Å². The highest BCUT2D eigenvalue weighted by Crippen LogP contribution is 2.40. The molecule has 12 heteroatoms. The molecule has 4 heterocycles. The van der Waals surface area contributed by atoms with Crippen LogP contribution in [0.4, 0.5) is 15.9 Å². The summed E-state index contributed by atoms with van der Waals surface area (Å²) >= 11 is 0. The van der Waals surface area contributed by atoms with Gasteiger partial charge in [-0.25, -0.2) is 14.4 Å². The minimum Gasteiger partial charge on any atom is -0.480 e. The Hall–Kier alpha value is -4.32. The van der Waals surface area contributed by atoms with E-state index >= 15 is 4.39 Å². The van der Waals surface area contributed by atoms with Crippen LogP contribution in [0.3, 0.4) is 0 Å². The number of aromatic amines is 1. The number of aliphatic carboxylic acids is 1. The summed E-state index contributed by atoms with van der Waals surface area (Å²) in [7, 11) is 0. The minimum absolute atomic E-state index is 0.0552. The molecule has 3 aromatic heterocycles. The van der Waals surface area contributed by atoms with Crippen LogP contribution >= 0.6 is 0 Å². The molecule has 1 aliphatic carbocycles. The van der Waals surface area contributed by atoms with Crippen molar-refractivity contribution in [1.29, 1.82) is 0 Å². The highest BCUT2D eigenvalue weighted by atomic mass is 19.1. The Labute approximate surface area is 210 Å². The minimum atomic E-state index is -0.896. The molecule has 0 unspecified atom stereocenters. The molecule has 4 aromatic rings. The predicted molar refractivity (Wildman–Crippen MR) is 132 cm³/mol. The van der Waals surface area contributed by atoms with Gasteiger partial charge in [0, 0.05) is 55.6 Å². The summed E-state index contributed by atoms with van der Waals surface area (Å²) in [4.78, 5) is 36.5. The first kappa shape index (κ1) is 23.1. The van der Waals surface area contributed by atoms with Crippen LogP contribution in [0.2, 0.25) is 0 Å². The molecule has 1 aromatic carbocycles. The number of rotatable bonds is 7. The number of halogens is 1. The Morgan fingerprint density at radius 1 is 1.16 bits per heavy atom. The molecule has 190 valence electrons. The van der Waals surface area contributed by atoms with Crippen LogP contribution in [0, 0.1) is 5.82 Å². The number of amides is 1. The number of carbonyl (C=O) groups excluding carboxylic acids is 1. The van der Waals surface area contributed by atoms with Gasteiger partial charge in [0.05, 0.1) is 36.0 Å². The molecular weight excluding hydrogens is 479 g/mol. The normalized spacial score (nSPS) is 16.3. The first-order chi connectivity index (χ1) is 18.0. The molecule has 6 rings (SSSR count). The summed E-state index contributed by atoms with van der Waals surface area (Å²) < 4.78 is 17.1. The molecule has 0 spiro atoms. The van der Waals surface area contributed by atoms with Gasteiger partial charge in [-0.05, 0) is 31.0 Å². The van der Waals surface area contributed by atoms with E-state index in [9.17, 15) is 9.59 Å². The molecule has 3 N–H and O–H groups in total. The lowest BCUT2D eigenvalue weighted by Gasteiger charge is -2.33. The van der Waals surface area contributed by atoms with E-state index in [2.05, 4.69) is 20.5 Å². The number of benzene rings is 1. The van der Waals surface area contributed by atoms with Crippen LogP contribution < -0.4 is 5.32 Å². The van der Waals surface area contributed by atoms with E-state index in [-0.39, 0.29) is 23.7 Å². The molecule has 1 saturated heterocycles. The lowest BCUT2D eigenvalue weighted by atomic mass is 10.1. The summed E-state index contributed by atoms with van der Waals surface area (Å²) in [5, 5.41) is 18.9. The van der Waals surface area contributed by atoms with Crippen LogP contribution in [0.15, 0.2) is 43.0 Å². The number of piperazine rings is 1. The van der Waals surface area contributed by atoms with Gasteiger partial charge in [-0.2, -0.15) is 5.10 Å². The number of nitrogens with one attached hydrogen (secondary N) is 2. The third kappa shape index (κ3) is 4.62. The number of carboxylic acids is 1. The standard InChI is InChI=1S/C25H25FN8O3/c26-18-9-16(25(37)33-7-5-32(6-8-33)14-22(35)36)3-4-19(18)30-23-24-27-12-21(17-10-28-29-11-17)34(24)13-20(31-23)15-1-2-15/h3-4,9-13,15H,1-2,5-8,14H2,(H,28,29)(H,30,31)(H,35,36). The molecule has 37 heavy (non-hydrogen) atoms. The Balaban J connectivity index is 1.24. The number of hydrogen-bond acceptors (Lipinski definition) is 7. The predicted octanol–water partition coefficient (Wildman–Crippen LogP) is 2.72. The van der Waals surface area contributed by atoms with Crippen molar-refractivity contribution >= 4 is 29.0 Å². The average Bonchev–Trinajstić information content (AvgIpc) is 3.42. The molecule has 0 radical (unpaired) electrons. The topological polar surface area (TPSA) is 132 Å². The molecule has 1 aliphatic heterocycles. The zero-order chi connectivity index (χ0) is 25.5. The maximum Gasteiger partial charge on any atom is 0.317 e. The van der Waals surface area contributed by atoms with E-state index in [1.807, 2.05) is 10.6 Å². The van der Waals surface area contributed by atoms with Crippen molar-refractivity contribution in [2.45, 2.75) is 18.8 Å². The molecule has 2 aliphatic rings. The van der Waals surface area contributed by atoms with Gasteiger partial charge < -0.3 is 15.3 Å². The van der Waals surface area contributed by atoms with Crippen LogP contribution in [-0.4, -0.2) is 84.1 Å². The number of fused-ring (bicyclic) bond motifs is 1. The Morgan fingerprint density at radius 2 is 1.97 bits per heavy atom. The maximum absolute atomic E-state index is 15.2. The van der Waals surface area contributed by atoms with Gasteiger partial charge in [-0.1, -0.05) is 0 Å². The van der Waals surface area contributed by atoms with Crippen molar-refractivity contribution < 1.29 is 19.1 Å². The molecule has 2 fully saturated rings. The van der Waals surface area contributed by atoms with Crippen LogP contribution in [0.25, 0.3) is 16.9 Å². The second-order valence-corrected chi connectivity index (χ2v) is 9.39. The van der Waals surface area contributed by atoms with Crippen LogP contribution in [0.1, 0.15) is 34.8 Å². The molecular formula is C25H25FN8O3. The summed E-state index contributed by atoms with van der Waals surface area (Å²) in [5.74, 6) is -0.951. The second-order valence-electron chi connectivity index (χ2n) is 9.39. The maximum atomic E-state index is 15.2. The van der Waals surface area contributed by atoms with Crippen molar-refractivity contribution in [3.8, 4) is 11.3 Å². The summed E-state index contributed by atoms with van der Waals surface area (Å²) in [5.41, 5.74) is 3.62. The zero-order valence-electron chi connectivity index (χ0n) is 19.9. The van der Waals surface area contributed by atoms with E-state index in [0.29, 0.717) is 43.6 Å². The lowest BCUT2D eigenvalue weighted by molar-refractivity contribution is -0.138. The van der Waals surface area contributed by atoms with E-state index in [1.54, 1.807) is 34.5 Å². The average molecular weight is 505 g/mol. The Kier molecular flexibility index (Phi) is 5.80. The van der Waals surface area contributed by atoms with Gasteiger partial charge in [0.15, 0.2) is 11.5 Å². The lowest BCUT2D eigenvalue weighted by Crippen LogP contribution is -2.49. The third-order valence-corrected chi connectivity index (χ3v) is 6.79. The largest absolute Gasteiger partial charge is 0.480 e. The molecule has 0 atom stereocenters. The number of aromatic nitrogens is 5. The van der Waals surface area contributed by atoms with Crippen LogP contribution in [0.5, 0.6) is 0 Å². The number of anilines is 2. The van der Waals surface area contributed by atoms with Gasteiger partial charge in [-0.15, -0.1) is 0 Å². The second kappa shape index (κ2) is 9.28. The zero-order valence-corrected chi connectivity index (χ0v) is 19.9. The van der Waals surface area contributed by atoms with Gasteiger partial charge in [0.25, 0.3) is 5.91 Å². The number of carbonyl (C=O) groups is 2. The van der Waals surface area contributed by atoms with Gasteiger partial charge in [0.2, 0.25) is 0 Å². The smallest absolute Gasteiger partial charge is 0.317 e. The summed E-state index contributed by atoms with van der Waals surface area (Å²) in [6.45, 7) is 1.65. The molecule has 0 bridgehead atoms. The quantitative estimate of drug-likeness (QED) is 0.350. The SMILES string of the molecule is O=C(O)CN1CCN(C(=O)c2ccc(Nc3nc(C4CC4)cn4c(-c5cn[nH]c5)cnc34)c(F)c2)CC1. The van der Waals surface area contributed by atoms with Crippen molar-refractivity contribution in [1.82, 2.24) is 34.4 Å². The van der Waals surface area contributed by atoms with Crippen molar-refractivity contribution in [2.75, 3.05) is 38.0 Å². The fraction of sp³-hybridized carbons (Fsp3) is 0.320. The Morgan fingerprint density at radius 3 is 2.65 bits per heavy atom. The first-order valence-corrected chi connectivity index (χ1v) is 12.1. The van der Waals surface area contributed by atoms with E-state index in [1.165, 1.54) is 12.1 Å². The number of hydrogen-bond donors (Lipinski definition) is 3. The van der Waals surface area contributed by atoms with Gasteiger partial charge in [-0.3, -0.25) is 24.0 Å². The van der Waals surface area contributed by atoms with Crippen molar-refractivity contribution in [3.63, 3.8) is 0 Å². The molecule has 11 nitrogen and oxygen atoms in total. The number of carboxylic acid groups (broad SMARTS) is 1. The summed E-state index contributed by atoms with van der Waals surface area (Å²) in [6, 6.07) is 4.34. The van der Waals surface area contributed by atoms with E-state index in [4.69, 9.17) is 10.1 Å². The van der Waals surface area contributed by atoms with Crippen LogP contribution in [-0.2, 0) is 4.79 Å². The van der Waals surface area contributed by atoms with E-state index in [0.717, 1.165) is 29.8 Å². The molecule has 1 saturated carbocycles. The molecule has 1 amide bonds. The van der Waals surface area contributed by atoms with Gasteiger partial charge in [0.1, 0.15) is 5.82 Å². The fourth-order valence-electron chi connectivity index (χ4n) is 4.63. The van der Waals surface area contributed by atoms with Gasteiger partial charge >= 0.3 is 5.97 Å². The third-order valence-electron chi connectivity index (χ3n) is 6.79. The number of imidazole rings is 1. The van der Waals surface area contributed by atoms with Crippen molar-refractivity contribution in [3.05, 3.63) is 60.1 Å². The summed E-state index contributed by atoms with van der Waals surface area (Å²) in [6.07, 6.45) is 9.33. The number of H-pyrrole nitrogens is 1. The highest BCUT2D eigenvalue weighted by Gasteiger charge is 2.28. The number of nitrogens with zero attached hydrogens (tertiary/aromatic N) is 6. The fourth-order valence-corrected chi connectivity index (χ4v) is 4.63. The van der Waals surface area contributed by atoms with E-state index < -0.39 is 11.8 Å². The monoisotopic (exact) mass is 504 g/mol. The Bertz CT molecular complexity index is 1470. The highest BCUT2D eigenvalue weighted by molar-refractivity contribution is 5.95. The first-order valence-electron chi connectivity index (χ1n) is 12.1.